The molecular formula is C19H31NO2. The van der Waals surface area contributed by atoms with Crippen molar-refractivity contribution in [2.75, 3.05) is 20.2 Å². The standard InChI is InChI=1S/C19H31NO2/c1-19(2,21)12-11-16-7-9-17(10-8-16)14-20(3)15-18-6-4-5-13-22-18/h7-10,18,21H,4-6,11-15H2,1-3H3. The summed E-state index contributed by atoms with van der Waals surface area (Å²) in [5.41, 5.74) is 2.05. The molecule has 1 N–H and O–H groups in total. The van der Waals surface area contributed by atoms with Gasteiger partial charge >= 0.3 is 0 Å². The number of likely N-dealkylation sites (N-methyl/N-ethyl adjacent to an activating group) is 1. The molecule has 124 valence electrons. The van der Waals surface area contributed by atoms with Crippen molar-refractivity contribution in [3.63, 3.8) is 0 Å². The van der Waals surface area contributed by atoms with Crippen molar-refractivity contribution in [1.29, 1.82) is 0 Å². The van der Waals surface area contributed by atoms with Crippen LogP contribution in [0.3, 0.4) is 0 Å². The molecule has 0 bridgehead atoms. The van der Waals surface area contributed by atoms with Crippen molar-refractivity contribution in [1.82, 2.24) is 4.90 Å². The van der Waals surface area contributed by atoms with Gasteiger partial charge in [-0.05, 0) is 64.1 Å². The molecule has 1 aliphatic rings. The number of nitrogens with zero attached hydrogens (tertiary/aromatic N) is 1. The molecule has 0 saturated carbocycles. The fourth-order valence-corrected chi connectivity index (χ4v) is 2.94. The molecule has 0 spiro atoms. The highest BCUT2D eigenvalue weighted by atomic mass is 16.5. The lowest BCUT2D eigenvalue weighted by atomic mass is 9.98. The van der Waals surface area contributed by atoms with Gasteiger partial charge in [0.2, 0.25) is 0 Å². The van der Waals surface area contributed by atoms with E-state index in [4.69, 9.17) is 4.74 Å². The molecule has 0 amide bonds. The van der Waals surface area contributed by atoms with Gasteiger partial charge in [0, 0.05) is 19.7 Å². The van der Waals surface area contributed by atoms with Crippen LogP contribution in [-0.4, -0.2) is 41.9 Å². The number of hydrogen-bond acceptors (Lipinski definition) is 3. The van der Waals surface area contributed by atoms with Crippen LogP contribution >= 0.6 is 0 Å². The lowest BCUT2D eigenvalue weighted by Crippen LogP contribution is -2.33. The van der Waals surface area contributed by atoms with Crippen LogP contribution < -0.4 is 0 Å². The molecule has 0 aromatic heterocycles. The molecule has 1 aromatic carbocycles. The number of ether oxygens (including phenoxy) is 1. The van der Waals surface area contributed by atoms with Gasteiger partial charge in [-0.3, -0.25) is 4.90 Å². The third-order valence-electron chi connectivity index (χ3n) is 4.29. The first-order chi connectivity index (χ1) is 10.4. The zero-order valence-electron chi connectivity index (χ0n) is 14.3. The van der Waals surface area contributed by atoms with E-state index in [2.05, 4.69) is 36.2 Å². The topological polar surface area (TPSA) is 32.7 Å². The quantitative estimate of drug-likeness (QED) is 0.838. The monoisotopic (exact) mass is 305 g/mol. The summed E-state index contributed by atoms with van der Waals surface area (Å²) in [6.45, 7) is 6.63. The number of aryl methyl sites for hydroxylation is 1. The molecule has 1 aromatic rings. The van der Waals surface area contributed by atoms with Crippen LogP contribution in [0.5, 0.6) is 0 Å². The van der Waals surface area contributed by atoms with E-state index in [0.717, 1.165) is 32.5 Å². The maximum Gasteiger partial charge on any atom is 0.0702 e. The van der Waals surface area contributed by atoms with Gasteiger partial charge < -0.3 is 9.84 Å². The third-order valence-corrected chi connectivity index (χ3v) is 4.29. The Bertz CT molecular complexity index is 430. The van der Waals surface area contributed by atoms with Crippen LogP contribution in [0.2, 0.25) is 0 Å². The smallest absolute Gasteiger partial charge is 0.0702 e. The Hall–Kier alpha value is -0.900. The van der Waals surface area contributed by atoms with E-state index in [-0.39, 0.29) is 0 Å². The van der Waals surface area contributed by atoms with Crippen LogP contribution in [0.1, 0.15) is 50.7 Å². The van der Waals surface area contributed by atoms with Gasteiger partial charge in [0.05, 0.1) is 11.7 Å². The van der Waals surface area contributed by atoms with Gasteiger partial charge in [0.25, 0.3) is 0 Å². The molecule has 1 unspecified atom stereocenters. The van der Waals surface area contributed by atoms with E-state index in [9.17, 15) is 5.11 Å². The molecular weight excluding hydrogens is 274 g/mol. The summed E-state index contributed by atoms with van der Waals surface area (Å²) in [7, 11) is 2.17. The fourth-order valence-electron chi connectivity index (χ4n) is 2.94. The Balaban J connectivity index is 1.77. The summed E-state index contributed by atoms with van der Waals surface area (Å²) in [6, 6.07) is 8.79. The maximum atomic E-state index is 9.79. The van der Waals surface area contributed by atoms with E-state index in [1.807, 2.05) is 13.8 Å². The number of benzene rings is 1. The average Bonchev–Trinajstić information content (AvgIpc) is 2.47. The summed E-state index contributed by atoms with van der Waals surface area (Å²) < 4.78 is 5.80. The third kappa shape index (κ3) is 6.47. The van der Waals surface area contributed by atoms with Crippen molar-refractivity contribution < 1.29 is 9.84 Å². The molecule has 1 fully saturated rings. The predicted octanol–water partition coefficient (Wildman–Crippen LogP) is 3.39. The largest absolute Gasteiger partial charge is 0.390 e. The first-order valence-corrected chi connectivity index (χ1v) is 8.53. The van der Waals surface area contributed by atoms with Crippen LogP contribution in [0, 0.1) is 0 Å². The van der Waals surface area contributed by atoms with E-state index in [0.29, 0.717) is 6.10 Å². The molecule has 3 nitrogen and oxygen atoms in total. The highest BCUT2D eigenvalue weighted by molar-refractivity contribution is 5.22. The van der Waals surface area contributed by atoms with Crippen molar-refractivity contribution >= 4 is 0 Å². The van der Waals surface area contributed by atoms with Crippen molar-refractivity contribution in [3.8, 4) is 0 Å². The highest BCUT2D eigenvalue weighted by Crippen LogP contribution is 2.16. The molecule has 1 heterocycles. The Labute approximate surface area is 135 Å². The molecule has 0 radical (unpaired) electrons. The van der Waals surface area contributed by atoms with Gasteiger partial charge in [0.1, 0.15) is 0 Å². The van der Waals surface area contributed by atoms with Gasteiger partial charge in [-0.1, -0.05) is 24.3 Å². The first-order valence-electron chi connectivity index (χ1n) is 8.53. The molecule has 1 atom stereocenters. The van der Waals surface area contributed by atoms with Gasteiger partial charge in [0.15, 0.2) is 0 Å². The van der Waals surface area contributed by atoms with Crippen LogP contribution in [0.25, 0.3) is 0 Å². The molecule has 1 aliphatic heterocycles. The predicted molar refractivity (Wildman–Crippen MR) is 91.0 cm³/mol. The van der Waals surface area contributed by atoms with E-state index < -0.39 is 5.60 Å². The fraction of sp³-hybridized carbons (Fsp3) is 0.684. The Morgan fingerprint density at radius 1 is 1.18 bits per heavy atom. The minimum Gasteiger partial charge on any atom is -0.390 e. The number of hydrogen-bond donors (Lipinski definition) is 1. The Morgan fingerprint density at radius 2 is 1.86 bits per heavy atom. The number of aliphatic hydroxyl groups is 1. The highest BCUT2D eigenvalue weighted by Gasteiger charge is 2.16. The average molecular weight is 305 g/mol. The number of rotatable bonds is 7. The summed E-state index contributed by atoms with van der Waals surface area (Å²) >= 11 is 0. The van der Waals surface area contributed by atoms with Crippen LogP contribution in [0.15, 0.2) is 24.3 Å². The lowest BCUT2D eigenvalue weighted by Gasteiger charge is -2.27. The molecule has 1 saturated heterocycles. The lowest BCUT2D eigenvalue weighted by molar-refractivity contribution is -0.00259. The van der Waals surface area contributed by atoms with Crippen molar-refractivity contribution in [2.24, 2.45) is 0 Å². The SMILES string of the molecule is CN(Cc1ccc(CCC(C)(C)O)cc1)CC1CCCCO1. The molecule has 3 heteroatoms. The van der Waals surface area contributed by atoms with Crippen LogP contribution in [0.4, 0.5) is 0 Å². The molecule has 22 heavy (non-hydrogen) atoms. The summed E-state index contributed by atoms with van der Waals surface area (Å²) in [6.07, 6.45) is 5.84. The molecule has 0 aliphatic carbocycles. The minimum absolute atomic E-state index is 0.407. The normalized spacial score (nSPS) is 19.6. The zero-order chi connectivity index (χ0) is 16.0. The first kappa shape index (κ1) is 17.5. The van der Waals surface area contributed by atoms with Gasteiger partial charge in [-0.15, -0.1) is 0 Å². The minimum atomic E-state index is -0.584. The summed E-state index contributed by atoms with van der Waals surface area (Å²) in [4.78, 5) is 2.35. The maximum absolute atomic E-state index is 9.79. The second kappa shape index (κ2) is 8.09. The van der Waals surface area contributed by atoms with E-state index >= 15 is 0 Å². The van der Waals surface area contributed by atoms with Gasteiger partial charge in [-0.25, -0.2) is 0 Å². The second-order valence-electron chi connectivity index (χ2n) is 7.31. The van der Waals surface area contributed by atoms with Gasteiger partial charge in [-0.2, -0.15) is 0 Å². The molecule has 2 rings (SSSR count). The Morgan fingerprint density at radius 3 is 2.45 bits per heavy atom. The second-order valence-corrected chi connectivity index (χ2v) is 7.31. The van der Waals surface area contributed by atoms with Crippen molar-refractivity contribution in [2.45, 2.75) is 64.2 Å². The van der Waals surface area contributed by atoms with Crippen molar-refractivity contribution in [3.05, 3.63) is 35.4 Å². The van der Waals surface area contributed by atoms with E-state index in [1.54, 1.807) is 0 Å². The zero-order valence-corrected chi connectivity index (χ0v) is 14.3. The van der Waals surface area contributed by atoms with Crippen LogP contribution in [-0.2, 0) is 17.7 Å². The summed E-state index contributed by atoms with van der Waals surface area (Å²) in [5.74, 6) is 0. The van der Waals surface area contributed by atoms with E-state index in [1.165, 1.54) is 30.4 Å². The summed E-state index contributed by atoms with van der Waals surface area (Å²) in [5, 5.41) is 9.79. The Kier molecular flexibility index (Phi) is 6.42.